The Balaban J connectivity index is 1.60. The van der Waals surface area contributed by atoms with Crippen LogP contribution in [-0.4, -0.2) is 89.4 Å². The molecular formula is C22H26N4O5. The molecule has 9 nitrogen and oxygen atoms in total. The third-order valence-corrected chi connectivity index (χ3v) is 5.94. The molecule has 3 amide bonds. The van der Waals surface area contributed by atoms with Crippen LogP contribution in [-0.2, 0) is 14.3 Å². The molecule has 0 radical (unpaired) electrons. The van der Waals surface area contributed by atoms with Gasteiger partial charge < -0.3 is 23.9 Å². The summed E-state index contributed by atoms with van der Waals surface area (Å²) in [4.78, 5) is 48.3. The van der Waals surface area contributed by atoms with Gasteiger partial charge in [0, 0.05) is 32.3 Å². The Morgan fingerprint density at radius 1 is 1.26 bits per heavy atom. The highest BCUT2D eigenvalue weighted by Crippen LogP contribution is 2.28. The Morgan fingerprint density at radius 3 is 2.81 bits per heavy atom. The molecule has 164 valence electrons. The van der Waals surface area contributed by atoms with E-state index in [1.807, 2.05) is 31.2 Å². The average molecular weight is 426 g/mol. The second-order valence-corrected chi connectivity index (χ2v) is 7.90. The van der Waals surface area contributed by atoms with Crippen molar-refractivity contribution in [2.75, 3.05) is 39.9 Å². The fraction of sp³-hybridized carbons (Fsp3) is 0.455. The van der Waals surface area contributed by atoms with Gasteiger partial charge in [-0.1, -0.05) is 23.8 Å². The molecular weight excluding hydrogens is 400 g/mol. The normalized spacial score (nSPS) is 21.5. The van der Waals surface area contributed by atoms with E-state index in [4.69, 9.17) is 9.15 Å². The molecule has 0 bridgehead atoms. The van der Waals surface area contributed by atoms with Crippen LogP contribution in [0.25, 0.3) is 11.3 Å². The highest BCUT2D eigenvalue weighted by molar-refractivity contribution is 6.02. The summed E-state index contributed by atoms with van der Waals surface area (Å²) >= 11 is 0. The summed E-state index contributed by atoms with van der Waals surface area (Å²) in [6.45, 7) is 5.54. The summed E-state index contributed by atoms with van der Waals surface area (Å²) in [5.74, 6) is -0.467. The standard InChI is InChI=1S/C22H26N4O5/c1-14-5-4-6-16(11-14)19-18(23-13-31-19)22(29)26-12-17-21(28)24(9-10-30-3)7-8-25(17)20(27)15(26)2/h4-6,11,13,15,17H,7-10,12H2,1-3H3. The number of ether oxygens (including phenoxy) is 1. The van der Waals surface area contributed by atoms with Crippen molar-refractivity contribution < 1.29 is 23.5 Å². The molecule has 3 heterocycles. The predicted molar refractivity (Wildman–Crippen MR) is 111 cm³/mol. The van der Waals surface area contributed by atoms with Crippen LogP contribution in [0.15, 0.2) is 35.1 Å². The molecule has 0 N–H and O–H groups in total. The highest BCUT2D eigenvalue weighted by Gasteiger charge is 2.47. The van der Waals surface area contributed by atoms with Crippen LogP contribution < -0.4 is 0 Å². The number of methoxy groups -OCH3 is 1. The first-order chi connectivity index (χ1) is 14.9. The zero-order valence-corrected chi connectivity index (χ0v) is 17.9. The quantitative estimate of drug-likeness (QED) is 0.712. The molecule has 0 spiro atoms. The van der Waals surface area contributed by atoms with Crippen molar-refractivity contribution in [3.8, 4) is 11.3 Å². The first kappa shape index (κ1) is 21.0. The summed E-state index contributed by atoms with van der Waals surface area (Å²) in [5, 5.41) is 0. The van der Waals surface area contributed by atoms with Gasteiger partial charge in [-0.05, 0) is 19.9 Å². The second-order valence-electron chi connectivity index (χ2n) is 7.90. The molecule has 1 aromatic carbocycles. The Morgan fingerprint density at radius 2 is 2.06 bits per heavy atom. The molecule has 2 atom stereocenters. The van der Waals surface area contributed by atoms with Gasteiger partial charge in [-0.15, -0.1) is 0 Å². The minimum Gasteiger partial charge on any atom is -0.443 e. The fourth-order valence-electron chi connectivity index (χ4n) is 4.20. The lowest BCUT2D eigenvalue weighted by atomic mass is 10.0. The zero-order valence-electron chi connectivity index (χ0n) is 17.9. The SMILES string of the molecule is COCCN1CCN2C(=O)C(C)N(C(=O)c3ncoc3-c3cccc(C)c3)CC2C1=O. The maximum Gasteiger partial charge on any atom is 0.277 e. The molecule has 2 saturated heterocycles. The van der Waals surface area contributed by atoms with Gasteiger partial charge in [0.05, 0.1) is 13.2 Å². The Bertz CT molecular complexity index is 1000. The highest BCUT2D eigenvalue weighted by atomic mass is 16.5. The number of benzene rings is 1. The molecule has 2 fully saturated rings. The maximum atomic E-state index is 13.4. The van der Waals surface area contributed by atoms with Gasteiger partial charge in [0.15, 0.2) is 17.8 Å². The van der Waals surface area contributed by atoms with Crippen molar-refractivity contribution in [1.29, 1.82) is 0 Å². The zero-order chi connectivity index (χ0) is 22.1. The van der Waals surface area contributed by atoms with E-state index in [0.29, 0.717) is 32.0 Å². The van der Waals surface area contributed by atoms with E-state index >= 15 is 0 Å². The molecule has 1 aromatic heterocycles. The number of carbonyl (C=O) groups is 3. The minimum absolute atomic E-state index is 0.119. The number of hydrogen-bond acceptors (Lipinski definition) is 6. The molecule has 2 aliphatic heterocycles. The van der Waals surface area contributed by atoms with Crippen molar-refractivity contribution in [1.82, 2.24) is 19.7 Å². The molecule has 31 heavy (non-hydrogen) atoms. The Hall–Kier alpha value is -3.20. The van der Waals surface area contributed by atoms with E-state index in [9.17, 15) is 14.4 Å². The monoisotopic (exact) mass is 426 g/mol. The van der Waals surface area contributed by atoms with Gasteiger partial charge in [0.25, 0.3) is 5.91 Å². The summed E-state index contributed by atoms with van der Waals surface area (Å²) in [6.07, 6.45) is 1.23. The number of fused-ring (bicyclic) bond motifs is 1. The smallest absolute Gasteiger partial charge is 0.277 e. The molecule has 0 saturated carbocycles. The van der Waals surface area contributed by atoms with Crippen molar-refractivity contribution in [2.45, 2.75) is 25.9 Å². The van der Waals surface area contributed by atoms with Gasteiger partial charge in [0.2, 0.25) is 11.8 Å². The lowest BCUT2D eigenvalue weighted by molar-refractivity contribution is -0.160. The van der Waals surface area contributed by atoms with Gasteiger partial charge >= 0.3 is 0 Å². The van der Waals surface area contributed by atoms with Gasteiger partial charge in [0.1, 0.15) is 12.1 Å². The maximum absolute atomic E-state index is 13.4. The molecule has 2 unspecified atom stereocenters. The van der Waals surface area contributed by atoms with Crippen molar-refractivity contribution in [3.63, 3.8) is 0 Å². The molecule has 0 aliphatic carbocycles. The molecule has 2 aromatic rings. The van der Waals surface area contributed by atoms with E-state index in [2.05, 4.69) is 4.98 Å². The number of piperazine rings is 2. The lowest BCUT2D eigenvalue weighted by Crippen LogP contribution is -2.70. The van der Waals surface area contributed by atoms with Crippen LogP contribution in [0.1, 0.15) is 23.0 Å². The number of aryl methyl sites for hydroxylation is 1. The molecule has 2 aliphatic rings. The number of hydrogen-bond donors (Lipinski definition) is 0. The first-order valence-electron chi connectivity index (χ1n) is 10.3. The third kappa shape index (κ3) is 3.81. The van der Waals surface area contributed by atoms with Gasteiger partial charge in [-0.25, -0.2) is 4.98 Å². The predicted octanol–water partition coefficient (Wildman–Crippen LogP) is 1.18. The summed E-state index contributed by atoms with van der Waals surface area (Å²) in [7, 11) is 1.58. The molecule has 9 heteroatoms. The van der Waals surface area contributed by atoms with E-state index in [1.54, 1.807) is 23.8 Å². The van der Waals surface area contributed by atoms with Crippen LogP contribution in [0, 0.1) is 6.92 Å². The number of oxazole rings is 1. The summed E-state index contributed by atoms with van der Waals surface area (Å²) in [6, 6.07) is 6.18. The number of nitrogens with zero attached hydrogens (tertiary/aromatic N) is 4. The van der Waals surface area contributed by atoms with E-state index < -0.39 is 18.0 Å². The minimum atomic E-state index is -0.701. The Labute approximate surface area is 180 Å². The van der Waals surface area contributed by atoms with E-state index in [1.165, 1.54) is 11.3 Å². The fourth-order valence-corrected chi connectivity index (χ4v) is 4.20. The number of aromatic nitrogens is 1. The van der Waals surface area contributed by atoms with Crippen LogP contribution in [0.4, 0.5) is 0 Å². The van der Waals surface area contributed by atoms with Gasteiger partial charge in [-0.3, -0.25) is 14.4 Å². The summed E-state index contributed by atoms with van der Waals surface area (Å²) < 4.78 is 10.6. The number of rotatable bonds is 5. The van der Waals surface area contributed by atoms with Crippen LogP contribution in [0.5, 0.6) is 0 Å². The van der Waals surface area contributed by atoms with Crippen LogP contribution in [0.2, 0.25) is 0 Å². The average Bonchev–Trinajstić information content (AvgIpc) is 3.25. The lowest BCUT2D eigenvalue weighted by Gasteiger charge is -2.48. The molecule has 4 rings (SSSR count). The number of carbonyl (C=O) groups excluding carboxylic acids is 3. The Kier molecular flexibility index (Phi) is 5.77. The van der Waals surface area contributed by atoms with Crippen molar-refractivity contribution in [2.24, 2.45) is 0 Å². The van der Waals surface area contributed by atoms with Crippen molar-refractivity contribution >= 4 is 17.7 Å². The number of amides is 3. The first-order valence-corrected chi connectivity index (χ1v) is 10.3. The van der Waals surface area contributed by atoms with Crippen molar-refractivity contribution in [3.05, 3.63) is 41.9 Å². The largest absolute Gasteiger partial charge is 0.443 e. The van der Waals surface area contributed by atoms with E-state index in [-0.39, 0.29) is 24.1 Å². The van der Waals surface area contributed by atoms with Gasteiger partial charge in [-0.2, -0.15) is 0 Å². The summed E-state index contributed by atoms with van der Waals surface area (Å²) in [5.41, 5.74) is 1.89. The third-order valence-electron chi connectivity index (χ3n) is 5.94. The van der Waals surface area contributed by atoms with E-state index in [0.717, 1.165) is 11.1 Å². The van der Waals surface area contributed by atoms with Crippen LogP contribution >= 0.6 is 0 Å². The second kappa shape index (κ2) is 8.50. The topological polar surface area (TPSA) is 96.2 Å². The van der Waals surface area contributed by atoms with Crippen LogP contribution in [0.3, 0.4) is 0 Å².